The van der Waals surface area contributed by atoms with Crippen LogP contribution >= 0.6 is 0 Å². The Bertz CT molecular complexity index is 933. The lowest BCUT2D eigenvalue weighted by Crippen LogP contribution is -2.37. The number of para-hydroxylation sites is 1. The molecule has 3 aromatic rings. The second kappa shape index (κ2) is 9.43. The molecule has 0 aliphatic rings. The summed E-state index contributed by atoms with van der Waals surface area (Å²) in [5, 5.41) is 8.42. The number of benzene rings is 3. The smallest absolute Gasteiger partial charge is 0.246 e. The first-order valence-corrected chi connectivity index (χ1v) is 8.81. The van der Waals surface area contributed by atoms with Gasteiger partial charge in [-0.1, -0.05) is 54.6 Å². The van der Waals surface area contributed by atoms with Crippen molar-refractivity contribution in [3.05, 3.63) is 96.3 Å². The average Bonchev–Trinajstić information content (AvgIpc) is 2.70. The molecule has 28 heavy (non-hydrogen) atoms. The zero-order valence-corrected chi connectivity index (χ0v) is 15.1. The summed E-state index contributed by atoms with van der Waals surface area (Å²) < 4.78 is 13.2. The van der Waals surface area contributed by atoms with Crippen molar-refractivity contribution in [1.82, 2.24) is 5.32 Å². The third-order valence-corrected chi connectivity index (χ3v) is 4.01. The Morgan fingerprint density at radius 3 is 2.11 bits per heavy atom. The van der Waals surface area contributed by atoms with E-state index < -0.39 is 11.9 Å². The van der Waals surface area contributed by atoms with Gasteiger partial charge < -0.3 is 10.6 Å². The highest BCUT2D eigenvalue weighted by atomic mass is 19.1. The van der Waals surface area contributed by atoms with E-state index in [9.17, 15) is 14.0 Å². The van der Waals surface area contributed by atoms with Gasteiger partial charge in [0, 0.05) is 11.4 Å². The Kier molecular flexibility index (Phi) is 6.49. The van der Waals surface area contributed by atoms with E-state index in [1.807, 2.05) is 48.5 Å². The van der Waals surface area contributed by atoms with Crippen LogP contribution in [-0.2, 0) is 9.59 Å². The van der Waals surface area contributed by atoms with Crippen LogP contribution in [0.25, 0.3) is 0 Å². The van der Waals surface area contributed by atoms with Gasteiger partial charge in [0.25, 0.3) is 0 Å². The lowest BCUT2D eigenvalue weighted by atomic mass is 10.1. The molecule has 2 amide bonds. The van der Waals surface area contributed by atoms with Crippen LogP contribution in [0, 0.1) is 5.82 Å². The lowest BCUT2D eigenvalue weighted by molar-refractivity contribution is -0.119. The first kappa shape index (κ1) is 19.3. The van der Waals surface area contributed by atoms with Crippen LogP contribution in [-0.4, -0.2) is 18.4 Å². The summed E-state index contributed by atoms with van der Waals surface area (Å²) in [6, 6.07) is 23.1. The number of amides is 2. The summed E-state index contributed by atoms with van der Waals surface area (Å²) in [7, 11) is 0. The maximum atomic E-state index is 13.2. The molecule has 5 nitrogen and oxygen atoms in total. The number of carbonyl (C=O) groups excluding carboxylic acids is 2. The molecule has 0 aliphatic heterocycles. The van der Waals surface area contributed by atoms with E-state index in [0.717, 1.165) is 5.56 Å². The van der Waals surface area contributed by atoms with Crippen LogP contribution < -0.4 is 16.0 Å². The largest absolute Gasteiger partial charge is 0.325 e. The minimum atomic E-state index is -0.723. The first-order valence-electron chi connectivity index (χ1n) is 8.81. The fourth-order valence-electron chi connectivity index (χ4n) is 2.71. The van der Waals surface area contributed by atoms with Crippen molar-refractivity contribution in [2.75, 3.05) is 17.2 Å². The average molecular weight is 377 g/mol. The number of hydrogen-bond donors (Lipinski definition) is 3. The fourth-order valence-corrected chi connectivity index (χ4v) is 2.71. The summed E-state index contributed by atoms with van der Waals surface area (Å²) in [5.41, 5.74) is 1.76. The number of hydrogen-bond acceptors (Lipinski definition) is 3. The molecule has 0 saturated carbocycles. The molecule has 0 radical (unpaired) electrons. The van der Waals surface area contributed by atoms with Crippen molar-refractivity contribution in [3.8, 4) is 0 Å². The van der Waals surface area contributed by atoms with Crippen LogP contribution in [0.3, 0.4) is 0 Å². The van der Waals surface area contributed by atoms with E-state index >= 15 is 0 Å². The molecule has 6 heteroatoms. The minimum absolute atomic E-state index is 0.113. The molecule has 3 aromatic carbocycles. The van der Waals surface area contributed by atoms with Gasteiger partial charge in [-0.2, -0.15) is 0 Å². The van der Waals surface area contributed by atoms with E-state index in [0.29, 0.717) is 11.4 Å². The fraction of sp³-hybridized carbons (Fsp3) is 0.0909. The zero-order valence-electron chi connectivity index (χ0n) is 15.1. The molecule has 0 aliphatic carbocycles. The Labute approximate surface area is 162 Å². The molecule has 0 saturated heterocycles. The van der Waals surface area contributed by atoms with E-state index in [2.05, 4.69) is 16.0 Å². The molecule has 1 atom stereocenters. The van der Waals surface area contributed by atoms with Gasteiger partial charge in [0.1, 0.15) is 11.9 Å². The van der Waals surface area contributed by atoms with Crippen LogP contribution in [0.15, 0.2) is 84.9 Å². The van der Waals surface area contributed by atoms with Crippen molar-refractivity contribution in [2.24, 2.45) is 0 Å². The zero-order chi connectivity index (χ0) is 19.8. The van der Waals surface area contributed by atoms with E-state index in [4.69, 9.17) is 0 Å². The summed E-state index contributed by atoms with van der Waals surface area (Å²) in [6.07, 6.45) is 0. The van der Waals surface area contributed by atoms with Crippen molar-refractivity contribution in [2.45, 2.75) is 6.04 Å². The summed E-state index contributed by atoms with van der Waals surface area (Å²) in [5.74, 6) is -1.09. The van der Waals surface area contributed by atoms with E-state index in [1.54, 1.807) is 18.2 Å². The number of rotatable bonds is 7. The first-order chi connectivity index (χ1) is 13.6. The number of halogens is 1. The van der Waals surface area contributed by atoms with E-state index in [1.165, 1.54) is 18.2 Å². The Morgan fingerprint density at radius 2 is 1.43 bits per heavy atom. The van der Waals surface area contributed by atoms with Crippen LogP contribution in [0.5, 0.6) is 0 Å². The molecule has 142 valence electrons. The van der Waals surface area contributed by atoms with Gasteiger partial charge >= 0.3 is 0 Å². The predicted octanol–water partition coefficient (Wildman–Crippen LogP) is 3.73. The summed E-state index contributed by atoms with van der Waals surface area (Å²) in [4.78, 5) is 25.0. The highest BCUT2D eigenvalue weighted by Gasteiger charge is 2.21. The molecule has 0 bridgehead atoms. The monoisotopic (exact) mass is 377 g/mol. The molecule has 0 heterocycles. The number of carbonyl (C=O) groups is 2. The lowest BCUT2D eigenvalue weighted by Gasteiger charge is -2.19. The molecular weight excluding hydrogens is 357 g/mol. The van der Waals surface area contributed by atoms with Crippen molar-refractivity contribution >= 4 is 23.2 Å². The van der Waals surface area contributed by atoms with Crippen LogP contribution in [0.2, 0.25) is 0 Å². The SMILES string of the molecule is O=C(CNC(C(=O)Nc1ccccc1)c1ccccc1)Nc1cccc(F)c1. The molecule has 3 rings (SSSR count). The van der Waals surface area contributed by atoms with Gasteiger partial charge in [-0.25, -0.2) is 4.39 Å². The van der Waals surface area contributed by atoms with E-state index in [-0.39, 0.29) is 18.4 Å². The normalized spacial score (nSPS) is 11.5. The molecule has 3 N–H and O–H groups in total. The van der Waals surface area contributed by atoms with Gasteiger partial charge in [-0.3, -0.25) is 14.9 Å². The number of nitrogens with one attached hydrogen (secondary N) is 3. The summed E-state index contributed by atoms with van der Waals surface area (Å²) in [6.45, 7) is -0.113. The Balaban J connectivity index is 1.67. The topological polar surface area (TPSA) is 70.2 Å². The summed E-state index contributed by atoms with van der Waals surface area (Å²) >= 11 is 0. The minimum Gasteiger partial charge on any atom is -0.325 e. The maximum Gasteiger partial charge on any atom is 0.246 e. The van der Waals surface area contributed by atoms with Crippen molar-refractivity contribution < 1.29 is 14.0 Å². The van der Waals surface area contributed by atoms with Crippen molar-refractivity contribution in [1.29, 1.82) is 0 Å². The van der Waals surface area contributed by atoms with Crippen LogP contribution in [0.1, 0.15) is 11.6 Å². The molecule has 0 aromatic heterocycles. The predicted molar refractivity (Wildman–Crippen MR) is 107 cm³/mol. The third kappa shape index (κ3) is 5.49. The molecule has 0 fully saturated rings. The van der Waals surface area contributed by atoms with Crippen LogP contribution in [0.4, 0.5) is 15.8 Å². The molecule has 1 unspecified atom stereocenters. The van der Waals surface area contributed by atoms with Gasteiger partial charge in [-0.05, 0) is 35.9 Å². The highest BCUT2D eigenvalue weighted by Crippen LogP contribution is 2.16. The molecular formula is C22H20FN3O2. The Morgan fingerprint density at radius 1 is 0.786 bits per heavy atom. The third-order valence-electron chi connectivity index (χ3n) is 4.01. The van der Waals surface area contributed by atoms with Gasteiger partial charge in [0.2, 0.25) is 11.8 Å². The van der Waals surface area contributed by atoms with Crippen molar-refractivity contribution in [3.63, 3.8) is 0 Å². The standard InChI is InChI=1S/C22H20FN3O2/c23-17-10-7-13-19(14-17)25-20(27)15-24-21(16-8-3-1-4-9-16)22(28)26-18-11-5-2-6-12-18/h1-14,21,24H,15H2,(H,25,27)(H,26,28). The maximum absolute atomic E-state index is 13.2. The quantitative estimate of drug-likeness (QED) is 0.588. The second-order valence-electron chi connectivity index (χ2n) is 6.14. The number of anilines is 2. The second-order valence-corrected chi connectivity index (χ2v) is 6.14. The van der Waals surface area contributed by atoms with Gasteiger partial charge in [0.05, 0.1) is 6.54 Å². The van der Waals surface area contributed by atoms with Gasteiger partial charge in [-0.15, -0.1) is 0 Å². The highest BCUT2D eigenvalue weighted by molar-refractivity contribution is 5.97. The van der Waals surface area contributed by atoms with Gasteiger partial charge in [0.15, 0.2) is 0 Å². The Hall–Kier alpha value is -3.51. The molecule has 0 spiro atoms.